The minimum atomic E-state index is -0.426. The third kappa shape index (κ3) is 7.54. The Balaban J connectivity index is 1.51. The van der Waals surface area contributed by atoms with E-state index in [1.807, 2.05) is 18.2 Å². The number of carbonyl (C=O) groups excluding carboxylic acids is 2. The molecule has 1 amide bonds. The predicted octanol–water partition coefficient (Wildman–Crippen LogP) is 8.00. The molecule has 6 nitrogen and oxygen atoms in total. The number of unbranched alkanes of at least 4 members (excludes halogenated alkanes) is 3. The van der Waals surface area contributed by atoms with E-state index in [0.717, 1.165) is 49.2 Å². The van der Waals surface area contributed by atoms with Gasteiger partial charge in [0.15, 0.2) is 5.75 Å². The van der Waals surface area contributed by atoms with Crippen molar-refractivity contribution in [2.45, 2.75) is 59.0 Å². The molecule has 2 aromatic carbocycles. The average Bonchev–Trinajstić information content (AvgIpc) is 3.27. The van der Waals surface area contributed by atoms with E-state index in [1.54, 1.807) is 19.1 Å². The maximum atomic E-state index is 13.3. The highest BCUT2D eigenvalue weighted by atomic mass is 35.5. The summed E-state index contributed by atoms with van der Waals surface area (Å²) in [5.41, 5.74) is 2.91. The standard InChI is InChI=1S/C30H34Cl2N2O4S/c1-3-5-6-10-15-38-27-23(31)16-21(17-24(27)32)28(35)33-29-26(30(36)37-4-2)22-13-14-34(19-25(22)39-29)18-20-11-8-7-9-12-20/h7-9,11-12,16-17H,3-6,10,13-15,18-19H2,1-2H3,(H,33,35). The van der Waals surface area contributed by atoms with Gasteiger partial charge in [0.1, 0.15) is 5.00 Å². The molecule has 2 heterocycles. The summed E-state index contributed by atoms with van der Waals surface area (Å²) in [7, 11) is 0. The average molecular weight is 590 g/mol. The van der Waals surface area contributed by atoms with Crippen molar-refractivity contribution >= 4 is 51.4 Å². The van der Waals surface area contributed by atoms with Gasteiger partial charge in [0.05, 0.1) is 28.8 Å². The molecule has 4 rings (SSSR count). The maximum absolute atomic E-state index is 13.3. The van der Waals surface area contributed by atoms with Crippen LogP contribution in [0.5, 0.6) is 5.75 Å². The van der Waals surface area contributed by atoms with E-state index < -0.39 is 11.9 Å². The summed E-state index contributed by atoms with van der Waals surface area (Å²) in [6.45, 7) is 7.01. The monoisotopic (exact) mass is 588 g/mol. The second-order valence-electron chi connectivity index (χ2n) is 9.51. The number of carbonyl (C=O) groups is 2. The van der Waals surface area contributed by atoms with E-state index in [2.05, 4.69) is 29.3 Å². The lowest BCUT2D eigenvalue weighted by Crippen LogP contribution is -2.29. The van der Waals surface area contributed by atoms with Gasteiger partial charge in [0.25, 0.3) is 5.91 Å². The number of hydrogen-bond donors (Lipinski definition) is 1. The van der Waals surface area contributed by atoms with E-state index in [0.29, 0.717) is 35.9 Å². The molecule has 0 fully saturated rings. The molecular weight excluding hydrogens is 555 g/mol. The molecule has 0 saturated carbocycles. The number of fused-ring (bicyclic) bond motifs is 1. The predicted molar refractivity (Wildman–Crippen MR) is 159 cm³/mol. The summed E-state index contributed by atoms with van der Waals surface area (Å²) in [6, 6.07) is 13.4. The quantitative estimate of drug-likeness (QED) is 0.171. The van der Waals surface area contributed by atoms with Gasteiger partial charge in [-0.2, -0.15) is 0 Å². The number of nitrogens with zero attached hydrogens (tertiary/aromatic N) is 1. The van der Waals surface area contributed by atoms with Gasteiger partial charge in [0, 0.05) is 30.1 Å². The zero-order valence-corrected chi connectivity index (χ0v) is 24.7. The topological polar surface area (TPSA) is 67.9 Å². The fourth-order valence-electron chi connectivity index (χ4n) is 4.65. The summed E-state index contributed by atoms with van der Waals surface area (Å²) in [4.78, 5) is 29.7. The molecule has 1 aliphatic rings. The van der Waals surface area contributed by atoms with Gasteiger partial charge in [-0.25, -0.2) is 4.79 Å². The largest absolute Gasteiger partial charge is 0.490 e. The van der Waals surface area contributed by atoms with Gasteiger partial charge in [-0.15, -0.1) is 11.3 Å². The van der Waals surface area contributed by atoms with Gasteiger partial charge >= 0.3 is 5.97 Å². The Hall–Kier alpha value is -2.58. The van der Waals surface area contributed by atoms with Crippen LogP contribution in [0.2, 0.25) is 10.0 Å². The SMILES string of the molecule is CCCCCCOc1c(Cl)cc(C(=O)Nc2sc3c(c2C(=O)OCC)CCN(Cc2ccccc2)C3)cc1Cl. The van der Waals surface area contributed by atoms with Crippen molar-refractivity contribution in [1.82, 2.24) is 4.90 Å². The van der Waals surface area contributed by atoms with Crippen LogP contribution in [0.1, 0.15) is 76.3 Å². The van der Waals surface area contributed by atoms with Crippen LogP contribution in [0, 0.1) is 0 Å². The van der Waals surface area contributed by atoms with Crippen LogP contribution >= 0.6 is 34.5 Å². The number of anilines is 1. The van der Waals surface area contributed by atoms with Crippen LogP contribution < -0.4 is 10.1 Å². The van der Waals surface area contributed by atoms with Crippen molar-refractivity contribution in [1.29, 1.82) is 0 Å². The van der Waals surface area contributed by atoms with Gasteiger partial charge in [-0.05, 0) is 43.0 Å². The summed E-state index contributed by atoms with van der Waals surface area (Å²) < 4.78 is 11.2. The Morgan fingerprint density at radius 2 is 1.79 bits per heavy atom. The number of nitrogens with one attached hydrogen (secondary N) is 1. The second-order valence-corrected chi connectivity index (χ2v) is 11.4. The molecule has 208 valence electrons. The first kappa shape index (κ1) is 29.4. The van der Waals surface area contributed by atoms with Crippen molar-refractivity contribution in [2.75, 3.05) is 25.1 Å². The Morgan fingerprint density at radius 1 is 1.05 bits per heavy atom. The van der Waals surface area contributed by atoms with Gasteiger partial charge in [-0.1, -0.05) is 79.7 Å². The molecule has 9 heteroatoms. The zero-order valence-electron chi connectivity index (χ0n) is 22.4. The molecule has 0 saturated heterocycles. The molecule has 0 bridgehead atoms. The first-order valence-electron chi connectivity index (χ1n) is 13.4. The van der Waals surface area contributed by atoms with Crippen molar-refractivity contribution in [3.05, 3.63) is 79.6 Å². The van der Waals surface area contributed by atoms with Gasteiger partial charge in [-0.3, -0.25) is 9.69 Å². The van der Waals surface area contributed by atoms with Crippen molar-refractivity contribution in [3.8, 4) is 5.75 Å². The lowest BCUT2D eigenvalue weighted by atomic mass is 10.0. The molecule has 0 atom stereocenters. The molecule has 1 aromatic heterocycles. The number of thiophene rings is 1. The third-order valence-electron chi connectivity index (χ3n) is 6.60. The Labute approximate surface area is 244 Å². The molecule has 1 aliphatic heterocycles. The lowest BCUT2D eigenvalue weighted by molar-refractivity contribution is 0.0526. The first-order valence-corrected chi connectivity index (χ1v) is 15.0. The molecule has 0 aliphatic carbocycles. The van der Waals surface area contributed by atoms with Crippen LogP contribution in [0.4, 0.5) is 5.00 Å². The number of hydrogen-bond acceptors (Lipinski definition) is 6. The van der Waals surface area contributed by atoms with Crippen LogP contribution in [0.25, 0.3) is 0 Å². The van der Waals surface area contributed by atoms with Crippen LogP contribution in [-0.4, -0.2) is 36.5 Å². The summed E-state index contributed by atoms with van der Waals surface area (Å²) in [5, 5.41) is 3.96. The highest BCUT2D eigenvalue weighted by Crippen LogP contribution is 2.39. The number of halogens is 2. The Bertz CT molecular complexity index is 1270. The molecule has 3 aromatic rings. The molecule has 0 radical (unpaired) electrons. The van der Waals surface area contributed by atoms with Crippen molar-refractivity contribution in [3.63, 3.8) is 0 Å². The smallest absolute Gasteiger partial charge is 0.341 e. The van der Waals surface area contributed by atoms with E-state index in [1.165, 1.54) is 16.9 Å². The first-order chi connectivity index (χ1) is 18.9. The third-order valence-corrected chi connectivity index (χ3v) is 8.29. The Morgan fingerprint density at radius 3 is 2.49 bits per heavy atom. The number of esters is 1. The number of ether oxygens (including phenoxy) is 2. The summed E-state index contributed by atoms with van der Waals surface area (Å²) in [5.74, 6) is -0.452. The number of amides is 1. The van der Waals surface area contributed by atoms with E-state index in [-0.39, 0.29) is 22.2 Å². The molecule has 0 unspecified atom stereocenters. The van der Waals surface area contributed by atoms with Gasteiger partial charge in [0.2, 0.25) is 0 Å². The molecular formula is C30H34Cl2N2O4S. The normalized spacial score (nSPS) is 13.1. The minimum Gasteiger partial charge on any atom is -0.490 e. The minimum absolute atomic E-state index is 0.252. The van der Waals surface area contributed by atoms with Gasteiger partial charge < -0.3 is 14.8 Å². The Kier molecular flexibility index (Phi) is 10.7. The number of rotatable bonds is 12. The maximum Gasteiger partial charge on any atom is 0.341 e. The number of benzene rings is 2. The van der Waals surface area contributed by atoms with E-state index in [4.69, 9.17) is 32.7 Å². The highest BCUT2D eigenvalue weighted by Gasteiger charge is 2.30. The zero-order chi connectivity index (χ0) is 27.8. The summed E-state index contributed by atoms with van der Waals surface area (Å²) >= 11 is 14.3. The van der Waals surface area contributed by atoms with E-state index >= 15 is 0 Å². The highest BCUT2D eigenvalue weighted by molar-refractivity contribution is 7.17. The fraction of sp³-hybridized carbons (Fsp3) is 0.400. The van der Waals surface area contributed by atoms with Crippen LogP contribution in [0.15, 0.2) is 42.5 Å². The second kappa shape index (κ2) is 14.2. The molecule has 1 N–H and O–H groups in total. The van der Waals surface area contributed by atoms with E-state index in [9.17, 15) is 9.59 Å². The van der Waals surface area contributed by atoms with Crippen LogP contribution in [0.3, 0.4) is 0 Å². The molecule has 39 heavy (non-hydrogen) atoms. The van der Waals surface area contributed by atoms with Crippen molar-refractivity contribution < 1.29 is 19.1 Å². The molecule has 0 spiro atoms. The fourth-order valence-corrected chi connectivity index (χ4v) is 6.52. The van der Waals surface area contributed by atoms with Crippen molar-refractivity contribution in [2.24, 2.45) is 0 Å². The summed E-state index contributed by atoms with van der Waals surface area (Å²) in [6.07, 6.45) is 4.97. The lowest BCUT2D eigenvalue weighted by Gasteiger charge is -2.27. The van der Waals surface area contributed by atoms with Crippen LogP contribution in [-0.2, 0) is 24.2 Å².